The van der Waals surface area contributed by atoms with E-state index in [0.717, 1.165) is 22.5 Å². The van der Waals surface area contributed by atoms with Crippen molar-refractivity contribution in [2.45, 2.75) is 19.5 Å². The molecule has 0 aliphatic carbocycles. The molecule has 20 heavy (non-hydrogen) atoms. The molecule has 0 radical (unpaired) electrons. The largest absolute Gasteiger partial charge is 0.361 e. The molecule has 6 nitrogen and oxygen atoms in total. The van der Waals surface area contributed by atoms with Gasteiger partial charge in [-0.1, -0.05) is 23.4 Å². The van der Waals surface area contributed by atoms with Crippen LogP contribution in [-0.2, 0) is 19.5 Å². The summed E-state index contributed by atoms with van der Waals surface area (Å²) >= 11 is 0. The van der Waals surface area contributed by atoms with E-state index in [1.165, 1.54) is 5.39 Å². The quantitative estimate of drug-likeness (QED) is 0.744. The Labute approximate surface area is 115 Å². The monoisotopic (exact) mass is 266 g/mol. The number of aromatic amines is 1. The fourth-order valence-electron chi connectivity index (χ4n) is 2.37. The average Bonchev–Trinajstić information content (AvgIpc) is 3.05. The minimum atomic E-state index is 0.185. The van der Waals surface area contributed by atoms with Gasteiger partial charge in [-0.25, -0.2) is 4.68 Å². The zero-order valence-corrected chi connectivity index (χ0v) is 10.9. The maximum atomic E-state index is 8.85. The highest BCUT2D eigenvalue weighted by molar-refractivity contribution is 5.83. The van der Waals surface area contributed by atoms with Crippen LogP contribution in [0.5, 0.6) is 0 Å². The first-order chi connectivity index (χ1) is 9.83. The fourth-order valence-corrected chi connectivity index (χ4v) is 2.37. The molecule has 2 aromatic heterocycles. The van der Waals surface area contributed by atoms with Crippen molar-refractivity contribution in [2.75, 3.05) is 0 Å². The first-order valence-corrected chi connectivity index (χ1v) is 6.36. The summed E-state index contributed by atoms with van der Waals surface area (Å²) in [6.45, 7) is 0.508. The van der Waals surface area contributed by atoms with Gasteiger partial charge in [0.05, 0.1) is 17.5 Å². The second-order valence-electron chi connectivity index (χ2n) is 4.54. The molecular weight excluding hydrogens is 252 g/mol. The summed E-state index contributed by atoms with van der Waals surface area (Å²) in [6.07, 6.45) is 2.64. The minimum absolute atomic E-state index is 0.185. The van der Waals surface area contributed by atoms with Gasteiger partial charge in [0.15, 0.2) is 0 Å². The number of nitrogens with two attached hydrogens (primary N) is 1. The summed E-state index contributed by atoms with van der Waals surface area (Å²) in [5, 5.41) is 18.0. The second kappa shape index (κ2) is 5.15. The lowest BCUT2D eigenvalue weighted by Crippen LogP contribution is -2.07. The predicted octanol–water partition coefficient (Wildman–Crippen LogP) is 1.33. The molecule has 0 bridgehead atoms. The Kier molecular flexibility index (Phi) is 3.19. The Hall–Kier alpha value is -2.65. The molecule has 0 fully saturated rings. The molecule has 1 aromatic carbocycles. The molecule has 3 aromatic rings. The lowest BCUT2D eigenvalue weighted by molar-refractivity contribution is 0.643. The van der Waals surface area contributed by atoms with Crippen LogP contribution in [0.1, 0.15) is 17.0 Å². The number of nitrogens with zero attached hydrogens (tertiary/aromatic N) is 4. The molecule has 0 unspecified atom stereocenters. The summed E-state index contributed by atoms with van der Waals surface area (Å²) in [7, 11) is 0. The van der Waals surface area contributed by atoms with Crippen LogP contribution in [0.4, 0.5) is 0 Å². The number of H-pyrrole nitrogens is 1. The number of nitrogens with one attached hydrogen (secondary N) is 1. The van der Waals surface area contributed by atoms with E-state index in [0.29, 0.717) is 13.0 Å². The van der Waals surface area contributed by atoms with E-state index in [1.54, 1.807) is 4.68 Å². The summed E-state index contributed by atoms with van der Waals surface area (Å²) < 4.78 is 1.62. The van der Waals surface area contributed by atoms with Gasteiger partial charge in [0, 0.05) is 30.1 Å². The van der Waals surface area contributed by atoms with Crippen molar-refractivity contribution in [3.05, 3.63) is 47.4 Å². The first kappa shape index (κ1) is 12.4. The number of hydrogen-bond acceptors (Lipinski definition) is 4. The van der Waals surface area contributed by atoms with Crippen LogP contribution < -0.4 is 5.73 Å². The number of rotatable bonds is 4. The van der Waals surface area contributed by atoms with Crippen LogP contribution in [0.3, 0.4) is 0 Å². The smallest absolute Gasteiger partial charge is 0.130 e. The van der Waals surface area contributed by atoms with Crippen molar-refractivity contribution in [1.29, 1.82) is 5.26 Å². The Balaban J connectivity index is 2.02. The molecule has 0 aliphatic heterocycles. The van der Waals surface area contributed by atoms with Gasteiger partial charge in [0.2, 0.25) is 0 Å². The highest BCUT2D eigenvalue weighted by Crippen LogP contribution is 2.21. The number of para-hydroxylation sites is 1. The van der Waals surface area contributed by atoms with E-state index in [9.17, 15) is 0 Å². The number of aromatic nitrogens is 4. The van der Waals surface area contributed by atoms with Crippen molar-refractivity contribution in [2.24, 2.45) is 5.73 Å². The highest BCUT2D eigenvalue weighted by Gasteiger charge is 2.14. The van der Waals surface area contributed by atoms with Crippen LogP contribution in [0.2, 0.25) is 0 Å². The maximum Gasteiger partial charge on any atom is 0.130 e. The molecule has 0 saturated carbocycles. The molecule has 3 N–H and O–H groups in total. The van der Waals surface area contributed by atoms with Gasteiger partial charge >= 0.3 is 0 Å². The van der Waals surface area contributed by atoms with Crippen molar-refractivity contribution in [1.82, 2.24) is 20.0 Å². The van der Waals surface area contributed by atoms with E-state index >= 15 is 0 Å². The number of nitriles is 1. The van der Waals surface area contributed by atoms with Crippen LogP contribution in [0, 0.1) is 11.3 Å². The summed E-state index contributed by atoms with van der Waals surface area (Å²) in [6, 6.07) is 10.2. The van der Waals surface area contributed by atoms with Gasteiger partial charge in [-0.15, -0.1) is 5.10 Å². The Morgan fingerprint density at radius 2 is 2.20 bits per heavy atom. The number of benzene rings is 1. The maximum absolute atomic E-state index is 8.85. The molecule has 0 saturated heterocycles. The third kappa shape index (κ3) is 2.04. The van der Waals surface area contributed by atoms with Crippen LogP contribution in [0.25, 0.3) is 10.9 Å². The van der Waals surface area contributed by atoms with Crippen molar-refractivity contribution < 1.29 is 0 Å². The molecule has 100 valence electrons. The van der Waals surface area contributed by atoms with Crippen LogP contribution in [-0.4, -0.2) is 20.0 Å². The molecule has 0 atom stereocenters. The molecule has 2 heterocycles. The molecule has 3 rings (SSSR count). The van der Waals surface area contributed by atoms with E-state index in [4.69, 9.17) is 11.0 Å². The van der Waals surface area contributed by atoms with E-state index in [-0.39, 0.29) is 6.54 Å². The Morgan fingerprint density at radius 1 is 1.35 bits per heavy atom. The van der Waals surface area contributed by atoms with Crippen LogP contribution >= 0.6 is 0 Å². The summed E-state index contributed by atoms with van der Waals surface area (Å²) in [4.78, 5) is 3.24. The number of hydrogen-bond donors (Lipinski definition) is 2. The molecule has 6 heteroatoms. The van der Waals surface area contributed by atoms with Crippen LogP contribution in [0.15, 0.2) is 30.5 Å². The first-order valence-electron chi connectivity index (χ1n) is 6.36. The third-order valence-corrected chi connectivity index (χ3v) is 3.36. The van der Waals surface area contributed by atoms with Crippen molar-refractivity contribution in [3.8, 4) is 6.07 Å². The third-order valence-electron chi connectivity index (χ3n) is 3.36. The molecule has 0 spiro atoms. The molecule has 0 amide bonds. The number of fused-ring (bicyclic) bond motifs is 1. The van der Waals surface area contributed by atoms with Gasteiger partial charge in [-0.2, -0.15) is 5.26 Å². The fraction of sp³-hybridized carbons (Fsp3) is 0.214. The zero-order chi connectivity index (χ0) is 13.9. The second-order valence-corrected chi connectivity index (χ2v) is 4.54. The highest BCUT2D eigenvalue weighted by atomic mass is 15.4. The zero-order valence-electron chi connectivity index (χ0n) is 10.9. The normalized spacial score (nSPS) is 10.8. The van der Waals surface area contributed by atoms with E-state index < -0.39 is 0 Å². The topological polar surface area (TPSA) is 96.3 Å². The molecule has 0 aliphatic rings. The van der Waals surface area contributed by atoms with Crippen molar-refractivity contribution in [3.63, 3.8) is 0 Å². The van der Waals surface area contributed by atoms with E-state index in [2.05, 4.69) is 27.4 Å². The van der Waals surface area contributed by atoms with Gasteiger partial charge in [0.25, 0.3) is 0 Å². The average molecular weight is 266 g/mol. The predicted molar refractivity (Wildman–Crippen MR) is 74.6 cm³/mol. The standard InChI is InChI=1S/C14H14N6/c15-5-6-20-14(13(8-16)18-19-20)7-10-9-17-12-4-2-1-3-11(10)12/h1-4,9,17H,6-8,16H2. The van der Waals surface area contributed by atoms with Crippen molar-refractivity contribution >= 4 is 10.9 Å². The Morgan fingerprint density at radius 3 is 3.00 bits per heavy atom. The summed E-state index contributed by atoms with van der Waals surface area (Å²) in [5.74, 6) is 0. The lowest BCUT2D eigenvalue weighted by Gasteiger charge is -2.04. The lowest BCUT2D eigenvalue weighted by atomic mass is 10.1. The van der Waals surface area contributed by atoms with Gasteiger partial charge in [-0.3, -0.25) is 0 Å². The summed E-state index contributed by atoms with van der Waals surface area (Å²) in [5.41, 5.74) is 9.58. The van der Waals surface area contributed by atoms with Gasteiger partial charge in [0.1, 0.15) is 6.54 Å². The SMILES string of the molecule is N#CCn1nnc(CN)c1Cc1c[nH]c2ccccc12. The van der Waals surface area contributed by atoms with Gasteiger partial charge < -0.3 is 10.7 Å². The van der Waals surface area contributed by atoms with Gasteiger partial charge in [-0.05, 0) is 11.6 Å². The van der Waals surface area contributed by atoms with E-state index in [1.807, 2.05) is 24.4 Å². The molecular formula is C14H14N6. The minimum Gasteiger partial charge on any atom is -0.361 e. The Bertz CT molecular complexity index is 776.